The fourth-order valence-electron chi connectivity index (χ4n) is 4.97. The SMILES string of the molecule is O=C([C@H]1CCCN(c2cnccn2)C1)N1CCC[C@H]1C1CCCC1. The minimum absolute atomic E-state index is 0.128. The lowest BCUT2D eigenvalue weighted by Crippen LogP contribution is -2.48. The molecule has 2 aliphatic heterocycles. The molecule has 5 nitrogen and oxygen atoms in total. The van der Waals surface area contributed by atoms with Crippen LogP contribution < -0.4 is 4.90 Å². The molecule has 1 saturated carbocycles. The van der Waals surface area contributed by atoms with E-state index < -0.39 is 0 Å². The van der Waals surface area contributed by atoms with Crippen molar-refractivity contribution in [2.24, 2.45) is 11.8 Å². The Labute approximate surface area is 144 Å². The van der Waals surface area contributed by atoms with Crippen LogP contribution >= 0.6 is 0 Å². The topological polar surface area (TPSA) is 49.3 Å². The van der Waals surface area contributed by atoms with E-state index >= 15 is 0 Å². The molecule has 4 rings (SSSR count). The maximum atomic E-state index is 13.2. The summed E-state index contributed by atoms with van der Waals surface area (Å²) in [5.74, 6) is 2.20. The van der Waals surface area contributed by atoms with Gasteiger partial charge in [-0.2, -0.15) is 0 Å². The van der Waals surface area contributed by atoms with Crippen molar-refractivity contribution in [2.45, 2.75) is 57.4 Å². The molecule has 2 saturated heterocycles. The molecule has 0 radical (unpaired) electrons. The summed E-state index contributed by atoms with van der Waals surface area (Å²) in [5.41, 5.74) is 0. The van der Waals surface area contributed by atoms with E-state index in [9.17, 15) is 4.79 Å². The van der Waals surface area contributed by atoms with E-state index in [-0.39, 0.29) is 5.92 Å². The Kier molecular flexibility index (Phi) is 4.67. The first-order valence-electron chi connectivity index (χ1n) is 9.64. The predicted molar refractivity (Wildman–Crippen MR) is 93.7 cm³/mol. The molecule has 0 aromatic carbocycles. The highest BCUT2D eigenvalue weighted by Gasteiger charge is 2.39. The number of carbonyl (C=O) groups excluding carboxylic acids is 1. The van der Waals surface area contributed by atoms with Crippen LogP contribution in [0.3, 0.4) is 0 Å². The summed E-state index contributed by atoms with van der Waals surface area (Å²) in [6, 6.07) is 0.520. The van der Waals surface area contributed by atoms with Gasteiger partial charge in [0, 0.05) is 38.1 Å². The molecule has 0 bridgehead atoms. The quantitative estimate of drug-likeness (QED) is 0.856. The minimum Gasteiger partial charge on any atom is -0.355 e. The van der Waals surface area contributed by atoms with Crippen LogP contribution in [0.2, 0.25) is 0 Å². The van der Waals surface area contributed by atoms with E-state index in [1.807, 2.05) is 6.20 Å². The monoisotopic (exact) mass is 328 g/mol. The molecule has 5 heteroatoms. The Morgan fingerprint density at radius 1 is 1.00 bits per heavy atom. The summed E-state index contributed by atoms with van der Waals surface area (Å²) >= 11 is 0. The summed E-state index contributed by atoms with van der Waals surface area (Å²) in [5, 5.41) is 0. The highest BCUT2D eigenvalue weighted by molar-refractivity contribution is 5.80. The van der Waals surface area contributed by atoms with E-state index in [4.69, 9.17) is 0 Å². The Balaban J connectivity index is 1.43. The average Bonchev–Trinajstić information content (AvgIpc) is 3.33. The summed E-state index contributed by atoms with van der Waals surface area (Å²) in [6.45, 7) is 2.75. The molecule has 3 heterocycles. The van der Waals surface area contributed by atoms with Gasteiger partial charge in [0.15, 0.2) is 0 Å². The summed E-state index contributed by atoms with van der Waals surface area (Å²) in [7, 11) is 0. The Morgan fingerprint density at radius 3 is 2.62 bits per heavy atom. The zero-order chi connectivity index (χ0) is 16.4. The van der Waals surface area contributed by atoms with Crippen LogP contribution in [-0.4, -0.2) is 46.5 Å². The molecule has 1 aromatic rings. The van der Waals surface area contributed by atoms with Gasteiger partial charge in [0.25, 0.3) is 0 Å². The van der Waals surface area contributed by atoms with Crippen molar-refractivity contribution in [2.75, 3.05) is 24.5 Å². The van der Waals surface area contributed by atoms with E-state index in [0.717, 1.165) is 44.2 Å². The fourth-order valence-corrected chi connectivity index (χ4v) is 4.97. The predicted octanol–water partition coefficient (Wildman–Crippen LogP) is 2.87. The maximum Gasteiger partial charge on any atom is 0.227 e. The molecule has 2 atom stereocenters. The van der Waals surface area contributed by atoms with Crippen molar-refractivity contribution in [1.29, 1.82) is 0 Å². The first-order chi connectivity index (χ1) is 11.8. The molecule has 3 aliphatic rings. The second-order valence-corrected chi connectivity index (χ2v) is 7.63. The third-order valence-corrected chi connectivity index (χ3v) is 6.17. The summed E-state index contributed by atoms with van der Waals surface area (Å²) < 4.78 is 0. The van der Waals surface area contributed by atoms with Crippen LogP contribution in [0.5, 0.6) is 0 Å². The Morgan fingerprint density at radius 2 is 1.83 bits per heavy atom. The Bertz CT molecular complexity index is 558. The van der Waals surface area contributed by atoms with Gasteiger partial charge in [-0.1, -0.05) is 12.8 Å². The van der Waals surface area contributed by atoms with Crippen LogP contribution in [0, 0.1) is 11.8 Å². The smallest absolute Gasteiger partial charge is 0.227 e. The van der Waals surface area contributed by atoms with Gasteiger partial charge < -0.3 is 9.80 Å². The number of nitrogens with zero attached hydrogens (tertiary/aromatic N) is 4. The van der Waals surface area contributed by atoms with Gasteiger partial charge in [-0.05, 0) is 44.4 Å². The number of hydrogen-bond donors (Lipinski definition) is 0. The summed E-state index contributed by atoms with van der Waals surface area (Å²) in [4.78, 5) is 26.3. The molecule has 1 aromatic heterocycles. The molecule has 1 aliphatic carbocycles. The zero-order valence-electron chi connectivity index (χ0n) is 14.4. The van der Waals surface area contributed by atoms with Crippen molar-refractivity contribution in [3.8, 4) is 0 Å². The number of rotatable bonds is 3. The highest BCUT2D eigenvalue weighted by atomic mass is 16.2. The molecule has 3 fully saturated rings. The number of aromatic nitrogens is 2. The van der Waals surface area contributed by atoms with Gasteiger partial charge in [0.05, 0.1) is 12.1 Å². The highest BCUT2D eigenvalue weighted by Crippen LogP contribution is 2.36. The average molecular weight is 328 g/mol. The van der Waals surface area contributed by atoms with Gasteiger partial charge in [-0.25, -0.2) is 4.98 Å². The van der Waals surface area contributed by atoms with Gasteiger partial charge >= 0.3 is 0 Å². The van der Waals surface area contributed by atoms with Crippen LogP contribution in [0.15, 0.2) is 18.6 Å². The minimum atomic E-state index is 0.128. The normalized spacial score (nSPS) is 28.5. The van der Waals surface area contributed by atoms with Crippen molar-refractivity contribution in [1.82, 2.24) is 14.9 Å². The van der Waals surface area contributed by atoms with Gasteiger partial charge in [-0.3, -0.25) is 9.78 Å². The number of likely N-dealkylation sites (tertiary alicyclic amines) is 1. The van der Waals surface area contributed by atoms with Crippen molar-refractivity contribution >= 4 is 11.7 Å². The number of anilines is 1. The standard InChI is InChI=1S/C19H28N4O/c24-19(23-12-4-8-17(23)15-5-1-2-6-15)16-7-3-11-22(14-16)18-13-20-9-10-21-18/h9-10,13,15-17H,1-8,11-12,14H2/t16-,17-/m0/s1. The largest absolute Gasteiger partial charge is 0.355 e. The summed E-state index contributed by atoms with van der Waals surface area (Å²) in [6.07, 6.45) is 15.1. The number of hydrogen-bond acceptors (Lipinski definition) is 4. The van der Waals surface area contributed by atoms with E-state index in [0.29, 0.717) is 11.9 Å². The third kappa shape index (κ3) is 3.13. The van der Waals surface area contributed by atoms with Crippen LogP contribution in [0.4, 0.5) is 5.82 Å². The molecular weight excluding hydrogens is 300 g/mol. The number of carbonyl (C=O) groups is 1. The van der Waals surface area contributed by atoms with Crippen LogP contribution in [0.25, 0.3) is 0 Å². The lowest BCUT2D eigenvalue weighted by atomic mass is 9.92. The molecule has 1 amide bonds. The zero-order valence-corrected chi connectivity index (χ0v) is 14.4. The van der Waals surface area contributed by atoms with Crippen molar-refractivity contribution in [3.63, 3.8) is 0 Å². The van der Waals surface area contributed by atoms with E-state index in [2.05, 4.69) is 19.8 Å². The molecule has 0 unspecified atom stereocenters. The molecule has 24 heavy (non-hydrogen) atoms. The first kappa shape index (κ1) is 15.9. The molecule has 0 N–H and O–H groups in total. The van der Waals surface area contributed by atoms with Gasteiger partial charge in [0.2, 0.25) is 5.91 Å². The lowest BCUT2D eigenvalue weighted by molar-refractivity contribution is -0.137. The van der Waals surface area contributed by atoms with Crippen LogP contribution in [-0.2, 0) is 4.79 Å². The van der Waals surface area contributed by atoms with E-state index in [1.165, 1.54) is 38.5 Å². The van der Waals surface area contributed by atoms with Crippen LogP contribution in [0.1, 0.15) is 51.4 Å². The fraction of sp³-hybridized carbons (Fsp3) is 0.737. The second-order valence-electron chi connectivity index (χ2n) is 7.63. The second kappa shape index (κ2) is 7.08. The molecule has 130 valence electrons. The number of piperidine rings is 1. The third-order valence-electron chi connectivity index (χ3n) is 6.17. The Hall–Kier alpha value is -1.65. The molecule has 0 spiro atoms. The number of amides is 1. The van der Waals surface area contributed by atoms with Crippen molar-refractivity contribution in [3.05, 3.63) is 18.6 Å². The molecular formula is C19H28N4O. The van der Waals surface area contributed by atoms with Gasteiger partial charge in [0.1, 0.15) is 5.82 Å². The van der Waals surface area contributed by atoms with E-state index in [1.54, 1.807) is 12.4 Å². The first-order valence-corrected chi connectivity index (χ1v) is 9.64. The van der Waals surface area contributed by atoms with Crippen molar-refractivity contribution < 1.29 is 4.79 Å². The lowest BCUT2D eigenvalue weighted by Gasteiger charge is -2.37. The van der Waals surface area contributed by atoms with Gasteiger partial charge in [-0.15, -0.1) is 0 Å². The maximum absolute atomic E-state index is 13.2.